The number of rotatable bonds is 6. The smallest absolute Gasteiger partial charge is 0.339 e. The Hall–Kier alpha value is -3.59. The summed E-state index contributed by atoms with van der Waals surface area (Å²) in [5.74, 6) is -0.826. The van der Waals surface area contributed by atoms with Gasteiger partial charge < -0.3 is 14.9 Å². The lowest BCUT2D eigenvalue weighted by atomic mass is 10.1. The molecule has 1 aliphatic heterocycles. The number of benzene rings is 2. The van der Waals surface area contributed by atoms with Crippen molar-refractivity contribution in [2.24, 2.45) is 0 Å². The van der Waals surface area contributed by atoms with E-state index in [0.29, 0.717) is 25.5 Å². The zero-order chi connectivity index (χ0) is 23.6. The van der Waals surface area contributed by atoms with Crippen molar-refractivity contribution in [1.29, 1.82) is 0 Å². The second-order valence-corrected chi connectivity index (χ2v) is 9.83. The normalized spacial score (nSPS) is 16.5. The van der Waals surface area contributed by atoms with E-state index >= 15 is 0 Å². The number of sulfonamides is 1. The molecule has 33 heavy (non-hydrogen) atoms. The van der Waals surface area contributed by atoms with Gasteiger partial charge in [-0.15, -0.1) is 0 Å². The molecule has 1 saturated heterocycles. The van der Waals surface area contributed by atoms with Crippen LogP contribution in [-0.2, 0) is 10.0 Å². The second kappa shape index (κ2) is 9.11. The Morgan fingerprint density at radius 3 is 2.52 bits per heavy atom. The molecule has 8 nitrogen and oxygen atoms in total. The Balaban J connectivity index is 1.56. The first-order valence-electron chi connectivity index (χ1n) is 10.6. The van der Waals surface area contributed by atoms with Gasteiger partial charge in [0.25, 0.3) is 10.0 Å². The predicted molar refractivity (Wildman–Crippen MR) is 129 cm³/mol. The van der Waals surface area contributed by atoms with Gasteiger partial charge in [0.2, 0.25) is 0 Å². The summed E-state index contributed by atoms with van der Waals surface area (Å²) in [5, 5.41) is 9.81. The van der Waals surface area contributed by atoms with Crippen LogP contribution in [0.3, 0.4) is 0 Å². The number of carbonyl (C=O) groups is 1. The van der Waals surface area contributed by atoms with Crippen LogP contribution in [0.25, 0.3) is 0 Å². The molecule has 0 saturated carbocycles. The zero-order valence-corrected chi connectivity index (χ0v) is 19.3. The highest BCUT2D eigenvalue weighted by molar-refractivity contribution is 7.92. The van der Waals surface area contributed by atoms with Gasteiger partial charge in [0, 0.05) is 31.4 Å². The lowest BCUT2D eigenvalue weighted by Gasteiger charge is -2.42. The molecule has 0 unspecified atom stereocenters. The number of carboxylic acid groups (broad SMARTS) is 1. The fourth-order valence-electron chi connectivity index (χ4n) is 4.08. The Morgan fingerprint density at radius 1 is 1.09 bits per heavy atom. The fraction of sp³-hybridized carbons (Fsp3) is 0.250. The minimum atomic E-state index is -3.85. The summed E-state index contributed by atoms with van der Waals surface area (Å²) >= 11 is 0. The molecule has 9 heteroatoms. The van der Waals surface area contributed by atoms with E-state index < -0.39 is 16.0 Å². The van der Waals surface area contributed by atoms with Crippen LogP contribution in [0.5, 0.6) is 0 Å². The van der Waals surface area contributed by atoms with E-state index in [1.165, 1.54) is 30.0 Å². The number of aryl methyl sites for hydroxylation is 1. The summed E-state index contributed by atoms with van der Waals surface area (Å²) < 4.78 is 27.6. The van der Waals surface area contributed by atoms with Gasteiger partial charge in [0.05, 0.1) is 16.8 Å². The van der Waals surface area contributed by atoms with E-state index in [-0.39, 0.29) is 22.2 Å². The summed E-state index contributed by atoms with van der Waals surface area (Å²) in [6.07, 6.45) is 1.36. The van der Waals surface area contributed by atoms with Crippen LogP contribution < -0.4 is 14.5 Å². The van der Waals surface area contributed by atoms with E-state index in [1.807, 2.05) is 11.0 Å². The number of anilines is 3. The molecule has 0 bridgehead atoms. The fourth-order valence-corrected chi connectivity index (χ4v) is 5.13. The van der Waals surface area contributed by atoms with Crippen LogP contribution in [0.4, 0.5) is 17.2 Å². The number of hydrogen-bond donors (Lipinski definition) is 2. The third-order valence-corrected chi connectivity index (χ3v) is 7.06. The van der Waals surface area contributed by atoms with E-state index in [9.17, 15) is 18.3 Å². The molecule has 3 aromatic rings. The number of nitrogens with zero attached hydrogens (tertiary/aromatic N) is 3. The molecule has 2 N–H and O–H groups in total. The van der Waals surface area contributed by atoms with Crippen LogP contribution in [-0.4, -0.2) is 50.2 Å². The topological polar surface area (TPSA) is 103 Å². The first-order valence-corrected chi connectivity index (χ1v) is 12.1. The number of pyridine rings is 1. The summed E-state index contributed by atoms with van der Waals surface area (Å²) in [5.41, 5.74) is 2.38. The van der Waals surface area contributed by atoms with Gasteiger partial charge in [0.1, 0.15) is 11.4 Å². The van der Waals surface area contributed by atoms with Gasteiger partial charge in [0.15, 0.2) is 0 Å². The summed E-state index contributed by atoms with van der Waals surface area (Å²) in [7, 11) is -3.85. The van der Waals surface area contributed by atoms with Crippen LogP contribution in [0, 0.1) is 6.92 Å². The van der Waals surface area contributed by atoms with Gasteiger partial charge in [-0.3, -0.25) is 4.72 Å². The maximum Gasteiger partial charge on any atom is 0.339 e. The Bertz CT molecular complexity index is 1260. The molecule has 172 valence electrons. The van der Waals surface area contributed by atoms with E-state index in [0.717, 1.165) is 5.69 Å². The predicted octanol–water partition coefficient (Wildman–Crippen LogP) is 3.60. The zero-order valence-electron chi connectivity index (χ0n) is 18.5. The minimum absolute atomic E-state index is 0.0422. The Morgan fingerprint density at radius 2 is 1.85 bits per heavy atom. The lowest BCUT2D eigenvalue weighted by Crippen LogP contribution is -2.52. The standard InChI is InChI=1S/C24H26N4O4S/c1-17-7-6-8-20(13-17)28-12-11-27(16-18(28)2)23-22(24(29)30)14-19(15-25-23)26-33(31,32)21-9-4-3-5-10-21/h3-10,13-15,18,26H,11-12,16H2,1-2H3,(H,29,30)/t18-/m1/s1. The molecule has 0 aliphatic carbocycles. The van der Waals surface area contributed by atoms with Gasteiger partial charge in [-0.05, 0) is 49.7 Å². The summed E-state index contributed by atoms with van der Waals surface area (Å²) in [4.78, 5) is 20.7. The average molecular weight is 467 g/mol. The first-order chi connectivity index (χ1) is 15.7. The monoisotopic (exact) mass is 466 g/mol. The molecule has 4 rings (SSSR count). The van der Waals surface area contributed by atoms with Crippen LogP contribution in [0.1, 0.15) is 22.8 Å². The molecule has 2 aromatic carbocycles. The van der Waals surface area contributed by atoms with Crippen molar-refractivity contribution in [3.05, 3.63) is 78.0 Å². The second-order valence-electron chi connectivity index (χ2n) is 8.15. The molecule has 1 atom stereocenters. The summed E-state index contributed by atoms with van der Waals surface area (Å²) in [6, 6.07) is 17.7. The highest BCUT2D eigenvalue weighted by Gasteiger charge is 2.28. The van der Waals surface area contributed by atoms with Crippen molar-refractivity contribution in [2.45, 2.75) is 24.8 Å². The molecule has 0 amide bonds. The van der Waals surface area contributed by atoms with Gasteiger partial charge in [-0.25, -0.2) is 18.2 Å². The maximum absolute atomic E-state index is 12.6. The van der Waals surface area contributed by atoms with Crippen molar-refractivity contribution in [2.75, 3.05) is 34.2 Å². The number of aromatic nitrogens is 1. The van der Waals surface area contributed by atoms with Crippen molar-refractivity contribution in [1.82, 2.24) is 4.98 Å². The Kier molecular flexibility index (Phi) is 6.24. The number of hydrogen-bond acceptors (Lipinski definition) is 6. The molecule has 2 heterocycles. The maximum atomic E-state index is 12.6. The quantitative estimate of drug-likeness (QED) is 0.572. The molecular weight excluding hydrogens is 440 g/mol. The minimum Gasteiger partial charge on any atom is -0.478 e. The molecule has 0 radical (unpaired) electrons. The number of piperazine rings is 1. The van der Waals surface area contributed by atoms with Crippen molar-refractivity contribution in [3.63, 3.8) is 0 Å². The highest BCUT2D eigenvalue weighted by atomic mass is 32.2. The summed E-state index contributed by atoms with van der Waals surface area (Å²) in [6.45, 7) is 6.06. The lowest BCUT2D eigenvalue weighted by molar-refractivity contribution is 0.0697. The van der Waals surface area contributed by atoms with Crippen LogP contribution in [0.2, 0.25) is 0 Å². The number of nitrogens with one attached hydrogen (secondary N) is 1. The van der Waals surface area contributed by atoms with Gasteiger partial charge in [-0.1, -0.05) is 30.3 Å². The van der Waals surface area contributed by atoms with Crippen LogP contribution in [0.15, 0.2) is 71.8 Å². The van der Waals surface area contributed by atoms with Gasteiger partial charge in [-0.2, -0.15) is 0 Å². The van der Waals surface area contributed by atoms with Crippen molar-refractivity contribution >= 4 is 33.2 Å². The van der Waals surface area contributed by atoms with Crippen LogP contribution >= 0.6 is 0 Å². The van der Waals surface area contributed by atoms with E-state index in [4.69, 9.17) is 0 Å². The van der Waals surface area contributed by atoms with E-state index in [2.05, 4.69) is 46.7 Å². The molecule has 1 aromatic heterocycles. The molecule has 1 fully saturated rings. The molecular formula is C24H26N4O4S. The molecule has 0 spiro atoms. The van der Waals surface area contributed by atoms with Crippen molar-refractivity contribution in [3.8, 4) is 0 Å². The molecule has 1 aliphatic rings. The highest BCUT2D eigenvalue weighted by Crippen LogP contribution is 2.28. The largest absolute Gasteiger partial charge is 0.478 e. The third-order valence-electron chi connectivity index (χ3n) is 5.66. The number of carboxylic acids is 1. The van der Waals surface area contributed by atoms with Gasteiger partial charge >= 0.3 is 5.97 Å². The Labute approximate surface area is 193 Å². The SMILES string of the molecule is Cc1cccc(N2CCN(c3ncc(NS(=O)(=O)c4ccccc4)cc3C(=O)O)C[C@H]2C)c1. The first kappa shape index (κ1) is 22.6. The van der Waals surface area contributed by atoms with Crippen molar-refractivity contribution < 1.29 is 18.3 Å². The van der Waals surface area contributed by atoms with E-state index in [1.54, 1.807) is 18.2 Å². The average Bonchev–Trinajstić information content (AvgIpc) is 2.79. The number of aromatic carboxylic acids is 1. The third kappa shape index (κ3) is 4.93.